The Hall–Kier alpha value is -3.37. The number of fused-ring (bicyclic) bond motifs is 2. The average Bonchev–Trinajstić information content (AvgIpc) is 3.12. The van der Waals surface area contributed by atoms with Crippen LogP contribution in [0.4, 0.5) is 5.69 Å². The Labute approximate surface area is 183 Å². The minimum Gasteiger partial charge on any atom is -0.342 e. The molecule has 1 heterocycles. The van der Waals surface area contributed by atoms with E-state index in [2.05, 4.69) is 104 Å². The van der Waals surface area contributed by atoms with Crippen molar-refractivity contribution in [2.75, 3.05) is 5.43 Å². The summed E-state index contributed by atoms with van der Waals surface area (Å²) in [5, 5.41) is 8.18. The normalized spacial score (nSPS) is 11.5. The largest absolute Gasteiger partial charge is 0.342 e. The summed E-state index contributed by atoms with van der Waals surface area (Å²) in [6.45, 7) is 0.819. The van der Waals surface area contributed by atoms with Crippen LogP contribution in [0.15, 0.2) is 107 Å². The fraction of sp³-hybridized carbons (Fsp3) is 0.0385. The Balaban J connectivity index is 1.44. The number of aromatic nitrogens is 1. The maximum absolute atomic E-state index is 4.45. The van der Waals surface area contributed by atoms with E-state index in [0.717, 1.165) is 22.3 Å². The molecule has 0 amide bonds. The number of hydrogen-bond donors (Lipinski definition) is 1. The lowest BCUT2D eigenvalue weighted by Crippen LogP contribution is -1.97. The third-order valence-electron chi connectivity index (χ3n) is 5.23. The Morgan fingerprint density at radius 3 is 2.47 bits per heavy atom. The van der Waals surface area contributed by atoms with E-state index in [-0.39, 0.29) is 0 Å². The second kappa shape index (κ2) is 8.17. The fourth-order valence-electron chi connectivity index (χ4n) is 3.74. The van der Waals surface area contributed by atoms with Crippen LogP contribution in [0.2, 0.25) is 0 Å². The maximum Gasteiger partial charge on any atom is 0.0566 e. The van der Waals surface area contributed by atoms with Gasteiger partial charge >= 0.3 is 0 Å². The van der Waals surface area contributed by atoms with Crippen molar-refractivity contribution in [2.24, 2.45) is 5.10 Å². The molecule has 5 rings (SSSR count). The highest BCUT2D eigenvalue weighted by atomic mass is 79.9. The molecule has 0 aliphatic carbocycles. The molecule has 4 aromatic carbocycles. The van der Waals surface area contributed by atoms with E-state index >= 15 is 0 Å². The van der Waals surface area contributed by atoms with Crippen LogP contribution in [0.5, 0.6) is 0 Å². The van der Waals surface area contributed by atoms with Crippen molar-refractivity contribution < 1.29 is 0 Å². The maximum atomic E-state index is 4.45. The minimum atomic E-state index is 0.819. The molecule has 0 unspecified atom stereocenters. The summed E-state index contributed by atoms with van der Waals surface area (Å²) in [7, 11) is 0. The van der Waals surface area contributed by atoms with Crippen LogP contribution in [0.1, 0.15) is 11.1 Å². The summed E-state index contributed by atoms with van der Waals surface area (Å²) < 4.78 is 3.34. The molecule has 0 saturated heterocycles. The summed E-state index contributed by atoms with van der Waals surface area (Å²) in [4.78, 5) is 0. The number of rotatable bonds is 5. The average molecular weight is 454 g/mol. The Morgan fingerprint density at radius 2 is 1.60 bits per heavy atom. The van der Waals surface area contributed by atoms with Crippen molar-refractivity contribution in [3.05, 3.63) is 113 Å². The van der Waals surface area contributed by atoms with Gasteiger partial charge in [-0.25, -0.2) is 0 Å². The minimum absolute atomic E-state index is 0.819. The van der Waals surface area contributed by atoms with Gasteiger partial charge in [-0.15, -0.1) is 0 Å². The predicted octanol–water partition coefficient (Wildman–Crippen LogP) is 7.05. The molecule has 1 aromatic heterocycles. The molecule has 0 radical (unpaired) electrons. The summed E-state index contributed by atoms with van der Waals surface area (Å²) in [5.74, 6) is 0. The van der Waals surface area contributed by atoms with Crippen molar-refractivity contribution in [1.29, 1.82) is 0 Å². The van der Waals surface area contributed by atoms with E-state index in [1.807, 2.05) is 30.5 Å². The quantitative estimate of drug-likeness (QED) is 0.224. The van der Waals surface area contributed by atoms with E-state index < -0.39 is 0 Å². The van der Waals surface area contributed by atoms with Gasteiger partial charge in [0.25, 0.3) is 0 Å². The lowest BCUT2D eigenvalue weighted by Gasteiger charge is -2.07. The van der Waals surface area contributed by atoms with Gasteiger partial charge in [-0.05, 0) is 52.7 Å². The molecule has 3 nitrogen and oxygen atoms in total. The van der Waals surface area contributed by atoms with Gasteiger partial charge in [-0.1, -0.05) is 70.5 Å². The molecule has 0 fully saturated rings. The number of hydrazone groups is 1. The molecule has 30 heavy (non-hydrogen) atoms. The first kappa shape index (κ1) is 18.6. The van der Waals surface area contributed by atoms with Gasteiger partial charge in [0, 0.05) is 33.7 Å². The van der Waals surface area contributed by atoms with Crippen LogP contribution in [0, 0.1) is 0 Å². The van der Waals surface area contributed by atoms with Gasteiger partial charge in [0.15, 0.2) is 0 Å². The third-order valence-corrected chi connectivity index (χ3v) is 5.76. The van der Waals surface area contributed by atoms with E-state index in [1.165, 1.54) is 27.2 Å². The Morgan fingerprint density at radius 1 is 0.833 bits per heavy atom. The van der Waals surface area contributed by atoms with Crippen molar-refractivity contribution in [3.63, 3.8) is 0 Å². The van der Waals surface area contributed by atoms with Gasteiger partial charge in [-0.3, -0.25) is 5.43 Å². The summed E-state index contributed by atoms with van der Waals surface area (Å²) >= 11 is 3.45. The van der Waals surface area contributed by atoms with E-state index in [9.17, 15) is 0 Å². The third kappa shape index (κ3) is 3.87. The lowest BCUT2D eigenvalue weighted by atomic mass is 10.1. The highest BCUT2D eigenvalue weighted by molar-refractivity contribution is 9.10. The number of nitrogens with zero attached hydrogens (tertiary/aromatic N) is 2. The first-order valence-corrected chi connectivity index (χ1v) is 10.7. The van der Waals surface area contributed by atoms with Gasteiger partial charge in [0.05, 0.1) is 11.9 Å². The smallest absolute Gasteiger partial charge is 0.0566 e. The molecular formula is C26H20BrN3. The van der Waals surface area contributed by atoms with E-state index in [4.69, 9.17) is 0 Å². The SMILES string of the molecule is Brc1ccc(N/N=C/c2cn(Cc3ccc4ccccc4c3)c3ccccc23)cc1. The molecule has 0 saturated carbocycles. The number of anilines is 1. The Kier molecular flexibility index (Phi) is 5.08. The molecule has 0 bridgehead atoms. The molecule has 0 aliphatic heterocycles. The highest BCUT2D eigenvalue weighted by Crippen LogP contribution is 2.23. The fourth-order valence-corrected chi connectivity index (χ4v) is 4.01. The molecule has 0 atom stereocenters. The van der Waals surface area contributed by atoms with Crippen LogP contribution in [0.3, 0.4) is 0 Å². The van der Waals surface area contributed by atoms with Gasteiger partial charge in [0.1, 0.15) is 0 Å². The number of benzene rings is 4. The van der Waals surface area contributed by atoms with Crippen LogP contribution >= 0.6 is 15.9 Å². The van der Waals surface area contributed by atoms with Crippen LogP contribution in [-0.4, -0.2) is 10.8 Å². The van der Waals surface area contributed by atoms with Crippen molar-refractivity contribution in [2.45, 2.75) is 6.54 Å². The molecule has 1 N–H and O–H groups in total. The highest BCUT2D eigenvalue weighted by Gasteiger charge is 2.07. The lowest BCUT2D eigenvalue weighted by molar-refractivity contribution is 0.837. The van der Waals surface area contributed by atoms with Crippen molar-refractivity contribution >= 4 is 49.5 Å². The molecule has 0 aliphatic rings. The second-order valence-electron chi connectivity index (χ2n) is 7.29. The second-order valence-corrected chi connectivity index (χ2v) is 8.20. The topological polar surface area (TPSA) is 29.3 Å². The molecular weight excluding hydrogens is 434 g/mol. The van der Waals surface area contributed by atoms with Crippen LogP contribution in [-0.2, 0) is 6.54 Å². The van der Waals surface area contributed by atoms with Gasteiger partial charge in [-0.2, -0.15) is 5.10 Å². The number of nitrogens with one attached hydrogen (secondary N) is 1. The van der Waals surface area contributed by atoms with E-state index in [1.54, 1.807) is 0 Å². The standard InChI is InChI=1S/C26H20BrN3/c27-23-11-13-24(14-12-23)29-28-16-22-18-30(26-8-4-3-7-25(22)26)17-19-9-10-20-5-1-2-6-21(20)15-19/h1-16,18,29H,17H2/b28-16+. The van der Waals surface area contributed by atoms with Gasteiger partial charge < -0.3 is 4.57 Å². The number of halogens is 1. The van der Waals surface area contributed by atoms with Gasteiger partial charge in [0.2, 0.25) is 0 Å². The molecule has 5 aromatic rings. The van der Waals surface area contributed by atoms with E-state index in [0.29, 0.717) is 0 Å². The van der Waals surface area contributed by atoms with Crippen LogP contribution in [0.25, 0.3) is 21.7 Å². The first-order chi connectivity index (χ1) is 14.8. The van der Waals surface area contributed by atoms with Crippen molar-refractivity contribution in [1.82, 2.24) is 4.57 Å². The Bertz CT molecular complexity index is 1350. The summed E-state index contributed by atoms with van der Waals surface area (Å²) in [6.07, 6.45) is 4.06. The first-order valence-electron chi connectivity index (χ1n) is 9.86. The number of para-hydroxylation sites is 1. The predicted molar refractivity (Wildman–Crippen MR) is 130 cm³/mol. The molecule has 0 spiro atoms. The zero-order chi connectivity index (χ0) is 20.3. The zero-order valence-electron chi connectivity index (χ0n) is 16.3. The van der Waals surface area contributed by atoms with Crippen LogP contribution < -0.4 is 5.43 Å². The molecule has 4 heteroatoms. The monoisotopic (exact) mass is 453 g/mol. The summed E-state index contributed by atoms with van der Waals surface area (Å²) in [5.41, 5.74) is 7.64. The molecule has 146 valence electrons. The van der Waals surface area contributed by atoms with Crippen molar-refractivity contribution in [3.8, 4) is 0 Å². The summed E-state index contributed by atoms with van der Waals surface area (Å²) in [6, 6.07) is 31.6. The zero-order valence-corrected chi connectivity index (χ0v) is 17.9. The number of hydrogen-bond acceptors (Lipinski definition) is 2.